The number of amides is 2. The summed E-state index contributed by atoms with van der Waals surface area (Å²) in [7, 11) is -2.85. The molecule has 1 aliphatic rings. The van der Waals surface area contributed by atoms with Crippen molar-refractivity contribution >= 4 is 38.9 Å². The smallest absolute Gasteiger partial charge is 0.264 e. The number of para-hydroxylation sites is 1. The van der Waals surface area contributed by atoms with Crippen LogP contribution >= 0.6 is 0 Å². The lowest BCUT2D eigenvalue weighted by Crippen LogP contribution is -2.38. The maximum atomic E-state index is 14.7. The molecule has 1 saturated heterocycles. The van der Waals surface area contributed by atoms with E-state index in [1.807, 2.05) is 6.92 Å². The van der Waals surface area contributed by atoms with Crippen LogP contribution in [0, 0.1) is 12.7 Å². The van der Waals surface area contributed by atoms with E-state index in [-0.39, 0.29) is 16.5 Å². The number of carbonyl (C=O) groups is 2. The molecule has 0 aliphatic carbocycles. The van der Waals surface area contributed by atoms with Gasteiger partial charge in [0.25, 0.3) is 10.0 Å². The molecule has 8 nitrogen and oxygen atoms in total. The zero-order valence-electron chi connectivity index (χ0n) is 19.9. The molecule has 0 radical (unpaired) electrons. The Kier molecular flexibility index (Phi) is 7.25. The maximum absolute atomic E-state index is 14.7. The van der Waals surface area contributed by atoms with Crippen molar-refractivity contribution in [1.82, 2.24) is 0 Å². The number of anilines is 3. The lowest BCUT2D eigenvalue weighted by molar-refractivity contribution is -0.117. The zero-order valence-corrected chi connectivity index (χ0v) is 20.7. The van der Waals surface area contributed by atoms with E-state index in [0.717, 1.165) is 22.4 Å². The number of aryl methyl sites for hydroxylation is 1. The van der Waals surface area contributed by atoms with Crippen LogP contribution in [0.3, 0.4) is 0 Å². The first-order valence-corrected chi connectivity index (χ1v) is 12.8. The summed E-state index contributed by atoms with van der Waals surface area (Å²) >= 11 is 0. The van der Waals surface area contributed by atoms with Crippen LogP contribution in [0.5, 0.6) is 5.75 Å². The molecule has 1 aliphatic heterocycles. The van der Waals surface area contributed by atoms with Gasteiger partial charge >= 0.3 is 0 Å². The van der Waals surface area contributed by atoms with Gasteiger partial charge in [0.1, 0.15) is 18.1 Å². The highest BCUT2D eigenvalue weighted by molar-refractivity contribution is 7.92. The van der Waals surface area contributed by atoms with Crippen molar-refractivity contribution in [1.29, 1.82) is 0 Å². The average molecular weight is 512 g/mol. The molecular weight excluding hydrogens is 485 g/mol. The fourth-order valence-electron chi connectivity index (χ4n) is 4.04. The molecule has 0 bridgehead atoms. The van der Waals surface area contributed by atoms with E-state index in [1.54, 1.807) is 23.1 Å². The highest BCUT2D eigenvalue weighted by Gasteiger charge is 2.29. The summed E-state index contributed by atoms with van der Waals surface area (Å²) < 4.78 is 47.5. The van der Waals surface area contributed by atoms with Crippen molar-refractivity contribution in [3.05, 3.63) is 78.1 Å². The fraction of sp³-hybridized carbons (Fsp3) is 0.231. The molecule has 4 rings (SSSR count). The van der Waals surface area contributed by atoms with Gasteiger partial charge in [-0.15, -0.1) is 0 Å². The molecule has 0 atom stereocenters. The summed E-state index contributed by atoms with van der Waals surface area (Å²) in [5.41, 5.74) is 1.71. The Morgan fingerprint density at radius 2 is 1.83 bits per heavy atom. The van der Waals surface area contributed by atoms with Crippen LogP contribution < -0.4 is 19.3 Å². The Bertz CT molecular complexity index is 1390. The van der Waals surface area contributed by atoms with Crippen LogP contribution in [-0.4, -0.2) is 40.4 Å². The van der Waals surface area contributed by atoms with Gasteiger partial charge in [-0.25, -0.2) is 12.8 Å². The van der Waals surface area contributed by atoms with Gasteiger partial charge in [-0.1, -0.05) is 18.2 Å². The average Bonchev–Trinajstić information content (AvgIpc) is 3.29. The van der Waals surface area contributed by atoms with E-state index in [2.05, 4.69) is 5.32 Å². The van der Waals surface area contributed by atoms with Gasteiger partial charge in [0.2, 0.25) is 11.8 Å². The van der Waals surface area contributed by atoms with Gasteiger partial charge in [0.15, 0.2) is 0 Å². The molecule has 1 heterocycles. The predicted molar refractivity (Wildman–Crippen MR) is 135 cm³/mol. The van der Waals surface area contributed by atoms with Crippen LogP contribution in [0.4, 0.5) is 21.5 Å². The number of nitrogens with zero attached hydrogens (tertiary/aromatic N) is 2. The molecule has 0 saturated carbocycles. The van der Waals surface area contributed by atoms with E-state index >= 15 is 0 Å². The molecule has 0 spiro atoms. The van der Waals surface area contributed by atoms with E-state index in [4.69, 9.17) is 4.74 Å². The fourth-order valence-corrected chi connectivity index (χ4v) is 5.47. The molecule has 188 valence electrons. The van der Waals surface area contributed by atoms with Crippen molar-refractivity contribution in [3.63, 3.8) is 0 Å². The van der Waals surface area contributed by atoms with E-state index in [9.17, 15) is 22.4 Å². The number of hydrogen-bond acceptors (Lipinski definition) is 5. The Labute approximate surface area is 209 Å². The third-order valence-corrected chi connectivity index (χ3v) is 7.69. The van der Waals surface area contributed by atoms with Crippen molar-refractivity contribution < 1.29 is 27.1 Å². The standard InChI is InChI=1S/C26H26FN3O5S/c1-18-9-10-19(16-24(18)29-15-5-8-26(29)32)28-25(31)17-30(23-7-4-3-6-22(23)27)36(33,34)21-13-11-20(35-2)12-14-21/h3-4,6-7,9-14,16H,5,8,15,17H2,1-2H3,(H,28,31). The SMILES string of the molecule is COc1ccc(S(=O)(=O)N(CC(=O)Nc2ccc(C)c(N3CCCC3=O)c2)c2ccccc2F)cc1. The summed E-state index contributed by atoms with van der Waals surface area (Å²) in [5.74, 6) is -0.987. The first-order valence-electron chi connectivity index (χ1n) is 11.3. The third kappa shape index (κ3) is 5.18. The van der Waals surface area contributed by atoms with Gasteiger partial charge in [0.05, 0.1) is 17.7 Å². The molecule has 2 amide bonds. The van der Waals surface area contributed by atoms with Gasteiger partial charge in [-0.05, 0) is 67.4 Å². The lowest BCUT2D eigenvalue weighted by atomic mass is 10.1. The van der Waals surface area contributed by atoms with Gasteiger partial charge in [-0.2, -0.15) is 0 Å². The minimum atomic E-state index is -4.30. The normalized spacial score (nSPS) is 13.5. The number of hydrogen-bond donors (Lipinski definition) is 1. The van der Waals surface area contributed by atoms with Crippen molar-refractivity contribution in [2.45, 2.75) is 24.7 Å². The number of ether oxygens (including phenoxy) is 1. The van der Waals surface area contributed by atoms with Crippen LogP contribution in [0.25, 0.3) is 0 Å². The number of benzene rings is 3. The highest BCUT2D eigenvalue weighted by Crippen LogP contribution is 2.30. The highest BCUT2D eigenvalue weighted by atomic mass is 32.2. The minimum absolute atomic E-state index is 0.0119. The van der Waals surface area contributed by atoms with Crippen LogP contribution in [-0.2, 0) is 19.6 Å². The van der Waals surface area contributed by atoms with Crippen LogP contribution in [0.1, 0.15) is 18.4 Å². The van der Waals surface area contributed by atoms with Crippen LogP contribution in [0.2, 0.25) is 0 Å². The molecule has 36 heavy (non-hydrogen) atoms. The Hall–Kier alpha value is -3.92. The summed E-state index contributed by atoms with van der Waals surface area (Å²) in [5, 5.41) is 2.68. The molecule has 0 unspecified atom stereocenters. The van der Waals surface area contributed by atoms with Gasteiger partial charge in [0, 0.05) is 24.3 Å². The second-order valence-corrected chi connectivity index (χ2v) is 10.2. The molecular formula is C26H26FN3O5S. The second kappa shape index (κ2) is 10.4. The molecule has 1 N–H and O–H groups in total. The van der Waals surface area contributed by atoms with Gasteiger partial charge < -0.3 is 15.0 Å². The number of carbonyl (C=O) groups excluding carboxylic acids is 2. The molecule has 1 fully saturated rings. The number of sulfonamides is 1. The summed E-state index contributed by atoms with van der Waals surface area (Å²) in [6.45, 7) is 1.80. The second-order valence-electron chi connectivity index (χ2n) is 8.34. The van der Waals surface area contributed by atoms with Crippen molar-refractivity contribution in [3.8, 4) is 5.75 Å². The first-order chi connectivity index (χ1) is 17.2. The Morgan fingerprint density at radius 1 is 1.11 bits per heavy atom. The quantitative estimate of drug-likeness (QED) is 0.491. The Balaban J connectivity index is 1.63. The largest absolute Gasteiger partial charge is 0.497 e. The number of methoxy groups -OCH3 is 1. The van der Waals surface area contributed by atoms with E-state index in [0.29, 0.717) is 30.1 Å². The molecule has 0 aromatic heterocycles. The molecule has 3 aromatic rings. The minimum Gasteiger partial charge on any atom is -0.497 e. The van der Waals surface area contributed by atoms with Crippen molar-refractivity contribution in [2.24, 2.45) is 0 Å². The molecule has 10 heteroatoms. The Morgan fingerprint density at radius 3 is 2.47 bits per heavy atom. The summed E-state index contributed by atoms with van der Waals surface area (Å²) in [6.07, 6.45) is 1.23. The lowest BCUT2D eigenvalue weighted by Gasteiger charge is -2.25. The zero-order chi connectivity index (χ0) is 25.9. The summed E-state index contributed by atoms with van der Waals surface area (Å²) in [4.78, 5) is 26.8. The van der Waals surface area contributed by atoms with E-state index in [1.165, 1.54) is 49.6 Å². The van der Waals surface area contributed by atoms with E-state index < -0.39 is 28.3 Å². The molecule has 3 aromatic carbocycles. The predicted octanol–water partition coefficient (Wildman–Crippen LogP) is 4.10. The first kappa shape index (κ1) is 25.2. The maximum Gasteiger partial charge on any atom is 0.264 e. The van der Waals surface area contributed by atoms with Crippen molar-refractivity contribution in [2.75, 3.05) is 34.7 Å². The summed E-state index contributed by atoms with van der Waals surface area (Å²) in [6, 6.07) is 16.1. The third-order valence-electron chi connectivity index (χ3n) is 5.91. The van der Waals surface area contributed by atoms with Gasteiger partial charge in [-0.3, -0.25) is 13.9 Å². The number of nitrogens with one attached hydrogen (secondary N) is 1. The topological polar surface area (TPSA) is 96.0 Å². The van der Waals surface area contributed by atoms with Crippen LogP contribution in [0.15, 0.2) is 71.6 Å². The number of rotatable bonds is 8. The monoisotopic (exact) mass is 511 g/mol. The number of halogens is 1.